The van der Waals surface area contributed by atoms with Crippen LogP contribution in [0.3, 0.4) is 0 Å². The van der Waals surface area contributed by atoms with Gasteiger partial charge >= 0.3 is 16.3 Å². The number of hydrogen-bond acceptors (Lipinski definition) is 6. The van der Waals surface area contributed by atoms with E-state index in [4.69, 9.17) is 5.73 Å². The highest BCUT2D eigenvalue weighted by Gasteiger charge is 2.17. The highest BCUT2D eigenvalue weighted by molar-refractivity contribution is 7.91. The maximum atomic E-state index is 11.7. The predicted molar refractivity (Wildman–Crippen MR) is 76.1 cm³/mol. The lowest BCUT2D eigenvalue weighted by Gasteiger charge is -2.10. The standard InChI is InChI=1S/C11H13N5O4S/c1-20-11(17)15-21(18,19)14-10-6-7-13-16(10)9-4-2-8(12)3-5-9/h2-7,14H,12H2,1H3,(H,15,17). The molecule has 0 spiro atoms. The SMILES string of the molecule is COC(=O)NS(=O)(=O)Nc1ccnn1-c1ccc(N)cc1. The Hall–Kier alpha value is -2.75. The zero-order chi connectivity index (χ0) is 15.5. The van der Waals surface area contributed by atoms with Gasteiger partial charge in [-0.05, 0) is 24.3 Å². The molecule has 0 radical (unpaired) electrons. The molecular weight excluding hydrogens is 298 g/mol. The number of benzene rings is 1. The molecule has 0 saturated carbocycles. The topological polar surface area (TPSA) is 128 Å². The van der Waals surface area contributed by atoms with Crippen LogP contribution in [0.1, 0.15) is 0 Å². The van der Waals surface area contributed by atoms with Crippen molar-refractivity contribution in [1.82, 2.24) is 14.5 Å². The molecule has 0 bridgehead atoms. The van der Waals surface area contributed by atoms with Gasteiger partial charge in [0, 0.05) is 11.8 Å². The number of carbonyl (C=O) groups is 1. The minimum atomic E-state index is -4.11. The fourth-order valence-corrected chi connectivity index (χ4v) is 2.30. The Bertz CT molecular complexity index is 738. The number of nitrogens with zero attached hydrogens (tertiary/aromatic N) is 2. The van der Waals surface area contributed by atoms with Crippen molar-refractivity contribution in [2.24, 2.45) is 0 Å². The van der Waals surface area contributed by atoms with Gasteiger partial charge in [0.25, 0.3) is 0 Å². The number of methoxy groups -OCH3 is 1. The molecule has 1 aromatic carbocycles. The minimum Gasteiger partial charge on any atom is -0.452 e. The molecule has 1 amide bonds. The number of rotatable bonds is 4. The second kappa shape index (κ2) is 5.71. The molecule has 0 fully saturated rings. The van der Waals surface area contributed by atoms with Crippen molar-refractivity contribution in [3.63, 3.8) is 0 Å². The fraction of sp³-hybridized carbons (Fsp3) is 0.0909. The number of nitrogens with one attached hydrogen (secondary N) is 2. The molecule has 9 nitrogen and oxygen atoms in total. The summed E-state index contributed by atoms with van der Waals surface area (Å²) in [4.78, 5) is 11.0. The molecule has 2 rings (SSSR count). The van der Waals surface area contributed by atoms with Gasteiger partial charge in [0.1, 0.15) is 5.82 Å². The summed E-state index contributed by atoms with van der Waals surface area (Å²) in [7, 11) is -3.06. The Balaban J connectivity index is 2.25. The van der Waals surface area contributed by atoms with E-state index in [1.165, 1.54) is 16.9 Å². The monoisotopic (exact) mass is 311 g/mol. The molecule has 1 aromatic heterocycles. The summed E-state index contributed by atoms with van der Waals surface area (Å²) in [5.74, 6) is 0.149. The second-order valence-corrected chi connectivity index (χ2v) is 5.33. The number of carbonyl (C=O) groups excluding carboxylic acids is 1. The molecule has 0 atom stereocenters. The third-order valence-corrected chi connectivity index (χ3v) is 3.34. The van der Waals surface area contributed by atoms with Crippen LogP contribution >= 0.6 is 0 Å². The summed E-state index contributed by atoms with van der Waals surface area (Å²) in [6.45, 7) is 0. The molecule has 0 aliphatic rings. The molecule has 0 saturated heterocycles. The first kappa shape index (κ1) is 14.7. The molecule has 0 aliphatic heterocycles. The Morgan fingerprint density at radius 2 is 1.95 bits per heavy atom. The number of nitrogen functional groups attached to an aromatic ring is 1. The van der Waals surface area contributed by atoms with Crippen molar-refractivity contribution in [3.05, 3.63) is 36.5 Å². The second-order valence-electron chi connectivity index (χ2n) is 3.92. The average molecular weight is 311 g/mol. The van der Waals surface area contributed by atoms with E-state index in [1.54, 1.807) is 29.0 Å². The van der Waals surface area contributed by atoms with Crippen molar-refractivity contribution in [3.8, 4) is 5.69 Å². The number of anilines is 2. The highest BCUT2D eigenvalue weighted by Crippen LogP contribution is 2.16. The molecule has 21 heavy (non-hydrogen) atoms. The van der Waals surface area contributed by atoms with Crippen molar-refractivity contribution in [2.45, 2.75) is 0 Å². The van der Waals surface area contributed by atoms with Gasteiger partial charge in [-0.2, -0.15) is 13.5 Å². The molecule has 2 aromatic rings. The lowest BCUT2D eigenvalue weighted by Crippen LogP contribution is -2.35. The summed E-state index contributed by atoms with van der Waals surface area (Å²) in [6, 6.07) is 8.10. The molecule has 10 heteroatoms. The van der Waals surface area contributed by atoms with Crippen LogP contribution in [0.4, 0.5) is 16.3 Å². The van der Waals surface area contributed by atoms with E-state index in [1.807, 2.05) is 0 Å². The smallest absolute Gasteiger partial charge is 0.422 e. The summed E-state index contributed by atoms with van der Waals surface area (Å²) in [5.41, 5.74) is 6.76. The molecular formula is C11H13N5O4S. The number of aromatic nitrogens is 2. The minimum absolute atomic E-state index is 0.149. The fourth-order valence-electron chi connectivity index (χ4n) is 1.52. The molecule has 0 aliphatic carbocycles. The van der Waals surface area contributed by atoms with E-state index in [0.717, 1.165) is 7.11 Å². The summed E-state index contributed by atoms with van der Waals surface area (Å²) in [6.07, 6.45) is 0.313. The number of ether oxygens (including phenoxy) is 1. The summed E-state index contributed by atoms with van der Waals surface area (Å²) >= 11 is 0. The zero-order valence-electron chi connectivity index (χ0n) is 11.0. The molecule has 4 N–H and O–H groups in total. The summed E-state index contributed by atoms with van der Waals surface area (Å²) in [5, 5.41) is 4.00. The number of nitrogens with two attached hydrogens (primary N) is 1. The van der Waals surface area contributed by atoms with Gasteiger partial charge in [0.2, 0.25) is 0 Å². The first-order valence-electron chi connectivity index (χ1n) is 5.70. The van der Waals surface area contributed by atoms with Crippen molar-refractivity contribution < 1.29 is 17.9 Å². The van der Waals surface area contributed by atoms with Gasteiger partial charge in [-0.15, -0.1) is 0 Å². The van der Waals surface area contributed by atoms with Gasteiger partial charge in [0.15, 0.2) is 0 Å². The average Bonchev–Trinajstić information content (AvgIpc) is 2.86. The van der Waals surface area contributed by atoms with Crippen LogP contribution in [0.5, 0.6) is 0 Å². The van der Waals surface area contributed by atoms with E-state index in [0.29, 0.717) is 11.4 Å². The van der Waals surface area contributed by atoms with Gasteiger partial charge in [0.05, 0.1) is 19.0 Å². The maximum absolute atomic E-state index is 11.7. The maximum Gasteiger partial charge on any atom is 0.422 e. The van der Waals surface area contributed by atoms with Crippen molar-refractivity contribution >= 4 is 27.8 Å². The van der Waals surface area contributed by atoms with Crippen LogP contribution in [0.15, 0.2) is 36.5 Å². The lowest BCUT2D eigenvalue weighted by molar-refractivity contribution is 0.177. The third-order valence-electron chi connectivity index (χ3n) is 2.42. The lowest BCUT2D eigenvalue weighted by atomic mass is 10.3. The number of hydrogen-bond donors (Lipinski definition) is 3. The van der Waals surface area contributed by atoms with Gasteiger partial charge in [-0.25, -0.2) is 18.9 Å². The van der Waals surface area contributed by atoms with Crippen molar-refractivity contribution in [2.75, 3.05) is 17.6 Å². The molecule has 1 heterocycles. The van der Waals surface area contributed by atoms with Crippen LogP contribution in [0.25, 0.3) is 5.69 Å². The van der Waals surface area contributed by atoms with E-state index < -0.39 is 16.3 Å². The summed E-state index contributed by atoms with van der Waals surface area (Å²) < 4.78 is 32.9. The van der Waals surface area contributed by atoms with Crippen LogP contribution in [0.2, 0.25) is 0 Å². The Labute approximate surface area is 120 Å². The van der Waals surface area contributed by atoms with Crippen LogP contribution in [-0.4, -0.2) is 31.4 Å². The molecule has 112 valence electrons. The Morgan fingerprint density at radius 1 is 1.29 bits per heavy atom. The normalized spacial score (nSPS) is 10.9. The first-order valence-corrected chi connectivity index (χ1v) is 7.18. The van der Waals surface area contributed by atoms with Gasteiger partial charge in [-0.3, -0.25) is 0 Å². The highest BCUT2D eigenvalue weighted by atomic mass is 32.2. The molecule has 0 unspecified atom stereocenters. The Kier molecular flexibility index (Phi) is 3.98. The number of amides is 1. The van der Waals surface area contributed by atoms with Gasteiger partial charge < -0.3 is 10.5 Å². The van der Waals surface area contributed by atoms with Gasteiger partial charge in [-0.1, -0.05) is 0 Å². The van der Waals surface area contributed by atoms with E-state index in [-0.39, 0.29) is 5.82 Å². The van der Waals surface area contributed by atoms with Crippen LogP contribution in [0, 0.1) is 0 Å². The van der Waals surface area contributed by atoms with Crippen LogP contribution in [-0.2, 0) is 14.9 Å². The Morgan fingerprint density at radius 3 is 2.57 bits per heavy atom. The van der Waals surface area contributed by atoms with E-state index >= 15 is 0 Å². The predicted octanol–water partition coefficient (Wildman–Crippen LogP) is 0.467. The largest absolute Gasteiger partial charge is 0.452 e. The van der Waals surface area contributed by atoms with Crippen molar-refractivity contribution in [1.29, 1.82) is 0 Å². The quantitative estimate of drug-likeness (QED) is 0.704. The van der Waals surface area contributed by atoms with E-state index in [9.17, 15) is 13.2 Å². The third kappa shape index (κ3) is 3.63. The van der Waals surface area contributed by atoms with Crippen LogP contribution < -0.4 is 15.2 Å². The zero-order valence-corrected chi connectivity index (χ0v) is 11.8. The first-order chi connectivity index (χ1) is 9.91. The van der Waals surface area contributed by atoms with E-state index in [2.05, 4.69) is 14.6 Å².